The van der Waals surface area contributed by atoms with Crippen molar-refractivity contribution in [1.29, 1.82) is 0 Å². The Morgan fingerprint density at radius 3 is 2.84 bits per heavy atom. The number of nitrogens with zero attached hydrogens (tertiary/aromatic N) is 1. The molecule has 1 amide bonds. The molecule has 0 spiro atoms. The van der Waals surface area contributed by atoms with Crippen LogP contribution in [0, 0.1) is 2.88 Å². The Bertz CT molecular complexity index is 478. The fraction of sp³-hybridized carbons (Fsp3) is 0.643. The first-order valence-electron chi connectivity index (χ1n) is 6.49. The van der Waals surface area contributed by atoms with Crippen LogP contribution in [-0.4, -0.2) is 29.7 Å². The summed E-state index contributed by atoms with van der Waals surface area (Å²) in [5.41, 5.74) is 0.976. The van der Waals surface area contributed by atoms with Crippen molar-refractivity contribution in [2.24, 2.45) is 0 Å². The van der Waals surface area contributed by atoms with Gasteiger partial charge in [-0.3, -0.25) is 0 Å². The van der Waals surface area contributed by atoms with Crippen molar-refractivity contribution < 1.29 is 9.53 Å². The molecule has 1 aliphatic carbocycles. The van der Waals surface area contributed by atoms with E-state index in [1.54, 1.807) is 4.90 Å². The zero-order chi connectivity index (χ0) is 14.2. The molecule has 0 bridgehead atoms. The summed E-state index contributed by atoms with van der Waals surface area (Å²) < 4.78 is 6.77. The molecule has 1 aromatic rings. The van der Waals surface area contributed by atoms with Gasteiger partial charge in [0, 0.05) is 18.0 Å². The van der Waals surface area contributed by atoms with Gasteiger partial charge in [-0.25, -0.2) is 4.79 Å². The average molecular weight is 393 g/mol. The molecule has 1 unspecified atom stereocenters. The highest BCUT2D eigenvalue weighted by Crippen LogP contribution is 2.32. The minimum atomic E-state index is -0.428. The normalized spacial score (nSPS) is 18.9. The number of halogens is 1. The van der Waals surface area contributed by atoms with Gasteiger partial charge in [-0.05, 0) is 74.3 Å². The second kappa shape index (κ2) is 5.60. The highest BCUT2D eigenvalue weighted by Gasteiger charge is 2.29. The first-order valence-corrected chi connectivity index (χ1v) is 8.38. The maximum absolute atomic E-state index is 12.1. The van der Waals surface area contributed by atoms with Gasteiger partial charge in [-0.15, -0.1) is 11.3 Å². The van der Waals surface area contributed by atoms with Crippen molar-refractivity contribution in [3.05, 3.63) is 19.4 Å². The minimum absolute atomic E-state index is 0.217. The predicted molar refractivity (Wildman–Crippen MR) is 86.8 cm³/mol. The highest BCUT2D eigenvalue weighted by atomic mass is 127. The van der Waals surface area contributed by atoms with Gasteiger partial charge in [0.1, 0.15) is 5.60 Å². The number of fused-ring (bicyclic) bond motifs is 1. The molecule has 1 aliphatic rings. The second-order valence-corrected chi connectivity index (χ2v) is 9.02. The molecule has 0 aliphatic heterocycles. The molecule has 1 heterocycles. The van der Waals surface area contributed by atoms with Gasteiger partial charge in [0.2, 0.25) is 0 Å². The Balaban J connectivity index is 2.02. The van der Waals surface area contributed by atoms with Crippen molar-refractivity contribution in [1.82, 2.24) is 4.90 Å². The van der Waals surface area contributed by atoms with E-state index in [2.05, 4.69) is 28.7 Å². The third-order valence-electron chi connectivity index (χ3n) is 3.26. The van der Waals surface area contributed by atoms with Crippen LogP contribution in [0.15, 0.2) is 6.07 Å². The summed E-state index contributed by atoms with van der Waals surface area (Å²) in [4.78, 5) is 15.3. The molecule has 0 N–H and O–H groups in total. The lowest BCUT2D eigenvalue weighted by Gasteiger charge is -2.32. The number of rotatable bonds is 1. The summed E-state index contributed by atoms with van der Waals surface area (Å²) >= 11 is 4.24. The number of hydrogen-bond acceptors (Lipinski definition) is 3. The number of carbonyl (C=O) groups excluding carboxylic acids is 1. The lowest BCUT2D eigenvalue weighted by Crippen LogP contribution is -2.43. The SMILES string of the molecule is CN(C(=O)OC(C)(C)C)C1CCc2sc(I)cc2C1. The fourth-order valence-electron chi connectivity index (χ4n) is 2.28. The summed E-state index contributed by atoms with van der Waals surface area (Å²) in [5.74, 6) is 0. The molecule has 0 radical (unpaired) electrons. The largest absolute Gasteiger partial charge is 0.444 e. The van der Waals surface area contributed by atoms with Crippen LogP contribution < -0.4 is 0 Å². The smallest absolute Gasteiger partial charge is 0.410 e. The lowest BCUT2D eigenvalue weighted by molar-refractivity contribution is 0.0210. The van der Waals surface area contributed by atoms with Crippen LogP contribution in [0.25, 0.3) is 0 Å². The van der Waals surface area contributed by atoms with Gasteiger partial charge in [-0.2, -0.15) is 0 Å². The first-order chi connectivity index (χ1) is 8.76. The maximum Gasteiger partial charge on any atom is 0.410 e. The highest BCUT2D eigenvalue weighted by molar-refractivity contribution is 14.1. The molecule has 19 heavy (non-hydrogen) atoms. The maximum atomic E-state index is 12.1. The van der Waals surface area contributed by atoms with Crippen molar-refractivity contribution in [2.45, 2.75) is 51.7 Å². The minimum Gasteiger partial charge on any atom is -0.444 e. The number of thiophene rings is 1. The van der Waals surface area contributed by atoms with Gasteiger partial charge in [0.15, 0.2) is 0 Å². The molecular formula is C14H20INO2S. The third-order valence-corrected chi connectivity index (χ3v) is 5.25. The molecule has 0 saturated carbocycles. The Hall–Kier alpha value is -0.300. The van der Waals surface area contributed by atoms with E-state index in [4.69, 9.17) is 4.74 Å². The summed E-state index contributed by atoms with van der Waals surface area (Å²) in [5, 5.41) is 0. The zero-order valence-corrected chi connectivity index (χ0v) is 14.8. The number of carbonyl (C=O) groups is 1. The van der Waals surface area contributed by atoms with Crippen LogP contribution in [0.2, 0.25) is 0 Å². The number of amides is 1. The van der Waals surface area contributed by atoms with Crippen molar-refractivity contribution in [3.63, 3.8) is 0 Å². The lowest BCUT2D eigenvalue weighted by atomic mass is 9.94. The quantitative estimate of drug-likeness (QED) is 0.673. The van der Waals surface area contributed by atoms with Crippen LogP contribution in [0.1, 0.15) is 37.6 Å². The number of aryl methyl sites for hydroxylation is 1. The number of hydrogen-bond donors (Lipinski definition) is 0. The molecule has 0 saturated heterocycles. The predicted octanol–water partition coefficient (Wildman–Crippen LogP) is 4.08. The molecule has 1 atom stereocenters. The monoisotopic (exact) mass is 393 g/mol. The van der Waals surface area contributed by atoms with E-state index in [-0.39, 0.29) is 12.1 Å². The Labute approximate surface area is 132 Å². The van der Waals surface area contributed by atoms with Crippen molar-refractivity contribution in [3.8, 4) is 0 Å². The standard InChI is InChI=1S/C14H20INO2S/c1-14(2,3)18-13(17)16(4)10-5-6-11-9(7-10)8-12(15)19-11/h8,10H,5-7H2,1-4H3. The molecule has 106 valence electrons. The molecular weight excluding hydrogens is 373 g/mol. The summed E-state index contributed by atoms with van der Waals surface area (Å²) in [7, 11) is 1.85. The van der Waals surface area contributed by atoms with Gasteiger partial charge in [-0.1, -0.05) is 0 Å². The van der Waals surface area contributed by atoms with Crippen LogP contribution >= 0.6 is 33.9 Å². The Kier molecular flexibility index (Phi) is 4.45. The first kappa shape index (κ1) is 15.1. The van der Waals surface area contributed by atoms with Gasteiger partial charge in [0.05, 0.1) is 2.88 Å². The van der Waals surface area contributed by atoms with Gasteiger partial charge >= 0.3 is 6.09 Å². The van der Waals surface area contributed by atoms with Crippen molar-refractivity contribution >= 4 is 40.0 Å². The van der Waals surface area contributed by atoms with Crippen molar-refractivity contribution in [2.75, 3.05) is 7.05 Å². The third kappa shape index (κ3) is 3.84. The van der Waals surface area contributed by atoms with E-state index in [0.29, 0.717) is 0 Å². The molecule has 1 aromatic heterocycles. The van der Waals surface area contributed by atoms with E-state index in [0.717, 1.165) is 19.3 Å². The van der Waals surface area contributed by atoms with E-state index >= 15 is 0 Å². The van der Waals surface area contributed by atoms with E-state index in [1.807, 2.05) is 39.2 Å². The molecule has 0 fully saturated rings. The van der Waals surface area contributed by atoms with E-state index < -0.39 is 5.60 Å². The van der Waals surface area contributed by atoms with E-state index in [9.17, 15) is 4.79 Å². The van der Waals surface area contributed by atoms with Gasteiger partial charge < -0.3 is 9.64 Å². The second-order valence-electron chi connectivity index (χ2n) is 5.99. The van der Waals surface area contributed by atoms with Crippen LogP contribution in [0.4, 0.5) is 4.79 Å². The summed E-state index contributed by atoms with van der Waals surface area (Å²) in [6.07, 6.45) is 2.83. The molecule has 2 rings (SSSR count). The molecule has 0 aromatic carbocycles. The fourth-order valence-corrected chi connectivity index (χ4v) is 4.38. The summed E-state index contributed by atoms with van der Waals surface area (Å²) in [6, 6.07) is 2.50. The average Bonchev–Trinajstić information content (AvgIpc) is 2.64. The van der Waals surface area contributed by atoms with Crippen LogP contribution in [0.3, 0.4) is 0 Å². The Morgan fingerprint density at radius 2 is 2.21 bits per heavy atom. The topological polar surface area (TPSA) is 29.5 Å². The van der Waals surface area contributed by atoms with Crippen LogP contribution in [-0.2, 0) is 17.6 Å². The van der Waals surface area contributed by atoms with Gasteiger partial charge in [0.25, 0.3) is 0 Å². The number of ether oxygens (including phenoxy) is 1. The number of likely N-dealkylation sites (N-methyl/N-ethyl adjacent to an activating group) is 1. The molecule has 3 nitrogen and oxygen atoms in total. The van der Waals surface area contributed by atoms with E-state index in [1.165, 1.54) is 13.3 Å². The zero-order valence-electron chi connectivity index (χ0n) is 11.8. The molecule has 5 heteroatoms. The van der Waals surface area contributed by atoms with Crippen LogP contribution in [0.5, 0.6) is 0 Å². The Morgan fingerprint density at radius 1 is 1.53 bits per heavy atom. The summed E-state index contributed by atoms with van der Waals surface area (Å²) in [6.45, 7) is 5.71.